The summed E-state index contributed by atoms with van der Waals surface area (Å²) in [5.41, 5.74) is 0.751. The van der Waals surface area contributed by atoms with Gasteiger partial charge in [-0.1, -0.05) is 13.3 Å². The van der Waals surface area contributed by atoms with E-state index >= 15 is 0 Å². The highest BCUT2D eigenvalue weighted by atomic mass is 32.1. The molecule has 2 aliphatic rings. The Balaban J connectivity index is 1.71. The van der Waals surface area contributed by atoms with E-state index in [0.717, 1.165) is 24.1 Å². The predicted octanol–water partition coefficient (Wildman–Crippen LogP) is 2.61. The van der Waals surface area contributed by atoms with E-state index in [9.17, 15) is 9.90 Å². The molecular formula is C15H21NO2S. The van der Waals surface area contributed by atoms with E-state index in [1.165, 1.54) is 29.7 Å². The minimum atomic E-state index is -0.635. The van der Waals surface area contributed by atoms with Gasteiger partial charge in [0.1, 0.15) is 0 Å². The van der Waals surface area contributed by atoms with Crippen LogP contribution in [-0.4, -0.2) is 34.6 Å². The number of aliphatic hydroxyl groups is 1. The van der Waals surface area contributed by atoms with Gasteiger partial charge in [-0.3, -0.25) is 4.79 Å². The van der Waals surface area contributed by atoms with Gasteiger partial charge in [-0.15, -0.1) is 11.3 Å². The van der Waals surface area contributed by atoms with Crippen LogP contribution in [0.2, 0.25) is 0 Å². The number of thiophene rings is 1. The number of β-amino-alcohol motifs (C(OH)–C–C–N with tert-alkyl or cyclic N) is 1. The monoisotopic (exact) mass is 279 g/mol. The maximum atomic E-state index is 12.4. The number of likely N-dealkylation sites (tertiary alicyclic amines) is 1. The van der Waals surface area contributed by atoms with E-state index in [0.29, 0.717) is 13.1 Å². The summed E-state index contributed by atoms with van der Waals surface area (Å²) >= 11 is 1.67. The van der Waals surface area contributed by atoms with E-state index in [1.807, 2.05) is 6.92 Å². The molecule has 1 saturated heterocycles. The summed E-state index contributed by atoms with van der Waals surface area (Å²) in [4.78, 5) is 16.4. The molecule has 1 amide bonds. The molecular weight excluding hydrogens is 258 g/mol. The second-order valence-electron chi connectivity index (χ2n) is 5.86. The van der Waals surface area contributed by atoms with E-state index in [2.05, 4.69) is 6.07 Å². The maximum absolute atomic E-state index is 12.4. The normalized spacial score (nSPS) is 21.5. The molecule has 1 aromatic heterocycles. The number of aryl methyl sites for hydroxylation is 2. The molecule has 0 spiro atoms. The number of nitrogens with zero attached hydrogens (tertiary/aromatic N) is 1. The molecule has 1 N–H and O–H groups in total. The van der Waals surface area contributed by atoms with Gasteiger partial charge in [0, 0.05) is 4.88 Å². The van der Waals surface area contributed by atoms with Crippen molar-refractivity contribution in [2.45, 2.75) is 51.0 Å². The van der Waals surface area contributed by atoms with Gasteiger partial charge in [-0.05, 0) is 43.7 Å². The highest BCUT2D eigenvalue weighted by Gasteiger charge is 2.42. The van der Waals surface area contributed by atoms with Gasteiger partial charge < -0.3 is 10.0 Å². The van der Waals surface area contributed by atoms with E-state index < -0.39 is 5.60 Å². The fourth-order valence-electron chi connectivity index (χ4n) is 2.96. The molecule has 104 valence electrons. The van der Waals surface area contributed by atoms with Crippen molar-refractivity contribution in [3.63, 3.8) is 0 Å². The first-order chi connectivity index (χ1) is 9.11. The minimum Gasteiger partial charge on any atom is -0.386 e. The Kier molecular flexibility index (Phi) is 3.39. The van der Waals surface area contributed by atoms with Crippen LogP contribution in [-0.2, 0) is 12.8 Å². The molecule has 3 rings (SSSR count). The smallest absolute Gasteiger partial charge is 0.264 e. The lowest BCUT2D eigenvalue weighted by molar-refractivity contribution is -0.0824. The first-order valence-electron chi connectivity index (χ1n) is 7.24. The molecule has 2 heterocycles. The van der Waals surface area contributed by atoms with Crippen LogP contribution in [0.25, 0.3) is 0 Å². The molecule has 3 nitrogen and oxygen atoms in total. The Hall–Kier alpha value is -0.870. The van der Waals surface area contributed by atoms with Crippen molar-refractivity contribution in [2.24, 2.45) is 0 Å². The SMILES string of the molecule is CCC1(O)CN(C(=O)c2cc3c(s2)CCCCC3)C1. The van der Waals surface area contributed by atoms with Crippen molar-refractivity contribution in [3.05, 3.63) is 21.4 Å². The highest BCUT2D eigenvalue weighted by molar-refractivity contribution is 7.14. The summed E-state index contributed by atoms with van der Waals surface area (Å²) in [6.45, 7) is 2.95. The summed E-state index contributed by atoms with van der Waals surface area (Å²) in [6, 6.07) is 2.09. The van der Waals surface area contributed by atoms with Gasteiger partial charge in [0.2, 0.25) is 0 Å². The topological polar surface area (TPSA) is 40.5 Å². The van der Waals surface area contributed by atoms with Crippen LogP contribution in [0.5, 0.6) is 0 Å². The summed E-state index contributed by atoms with van der Waals surface area (Å²) in [6.07, 6.45) is 6.78. The number of fused-ring (bicyclic) bond motifs is 1. The number of carbonyl (C=O) groups is 1. The minimum absolute atomic E-state index is 0.108. The summed E-state index contributed by atoms with van der Waals surface area (Å²) in [5.74, 6) is 0.108. The largest absolute Gasteiger partial charge is 0.386 e. The summed E-state index contributed by atoms with van der Waals surface area (Å²) < 4.78 is 0. The molecule has 0 saturated carbocycles. The van der Waals surface area contributed by atoms with Crippen molar-refractivity contribution < 1.29 is 9.90 Å². The zero-order chi connectivity index (χ0) is 13.5. The van der Waals surface area contributed by atoms with Gasteiger partial charge in [0.05, 0.1) is 23.6 Å². The number of rotatable bonds is 2. The lowest BCUT2D eigenvalue weighted by Gasteiger charge is -2.45. The van der Waals surface area contributed by atoms with Crippen LogP contribution in [0.3, 0.4) is 0 Å². The number of hydrogen-bond donors (Lipinski definition) is 1. The second-order valence-corrected chi connectivity index (χ2v) is 7.00. The van der Waals surface area contributed by atoms with Crippen molar-refractivity contribution in [1.29, 1.82) is 0 Å². The molecule has 0 atom stereocenters. The van der Waals surface area contributed by atoms with Crippen LogP contribution >= 0.6 is 11.3 Å². The molecule has 19 heavy (non-hydrogen) atoms. The highest BCUT2D eigenvalue weighted by Crippen LogP contribution is 2.32. The number of carbonyl (C=O) groups excluding carboxylic acids is 1. The van der Waals surface area contributed by atoms with Crippen molar-refractivity contribution in [3.8, 4) is 0 Å². The van der Waals surface area contributed by atoms with Crippen LogP contribution in [0.4, 0.5) is 0 Å². The third kappa shape index (κ3) is 2.43. The molecule has 1 aromatic rings. The van der Waals surface area contributed by atoms with E-state index in [-0.39, 0.29) is 5.91 Å². The second kappa shape index (κ2) is 4.91. The fraction of sp³-hybridized carbons (Fsp3) is 0.667. The lowest BCUT2D eigenvalue weighted by atomic mass is 9.91. The Morgan fingerprint density at radius 2 is 2.11 bits per heavy atom. The molecule has 0 unspecified atom stereocenters. The van der Waals surface area contributed by atoms with Crippen molar-refractivity contribution >= 4 is 17.2 Å². The van der Waals surface area contributed by atoms with Gasteiger partial charge in [0.25, 0.3) is 5.91 Å². The zero-order valence-corrected chi connectivity index (χ0v) is 12.3. The molecule has 0 bridgehead atoms. The third-order valence-electron chi connectivity index (χ3n) is 4.37. The van der Waals surface area contributed by atoms with Gasteiger partial charge in [-0.2, -0.15) is 0 Å². The first kappa shape index (κ1) is 13.1. The van der Waals surface area contributed by atoms with E-state index in [1.54, 1.807) is 16.2 Å². The molecule has 1 aliphatic carbocycles. The fourth-order valence-corrected chi connectivity index (χ4v) is 4.18. The third-order valence-corrected chi connectivity index (χ3v) is 5.60. The average Bonchev–Trinajstić information content (AvgIpc) is 2.65. The van der Waals surface area contributed by atoms with Gasteiger partial charge in [0.15, 0.2) is 0 Å². The van der Waals surface area contributed by atoms with Crippen LogP contribution < -0.4 is 0 Å². The predicted molar refractivity (Wildman–Crippen MR) is 76.7 cm³/mol. The first-order valence-corrected chi connectivity index (χ1v) is 8.06. The van der Waals surface area contributed by atoms with Gasteiger partial charge in [-0.25, -0.2) is 0 Å². The molecule has 1 fully saturated rings. The van der Waals surface area contributed by atoms with Crippen LogP contribution in [0.15, 0.2) is 6.07 Å². The zero-order valence-electron chi connectivity index (χ0n) is 11.4. The quantitative estimate of drug-likeness (QED) is 0.845. The standard InChI is InChI=1S/C15H21NO2S/c1-2-15(18)9-16(10-15)14(17)13-8-11-6-4-3-5-7-12(11)19-13/h8,18H,2-7,9-10H2,1H3. The summed E-state index contributed by atoms with van der Waals surface area (Å²) in [7, 11) is 0. The molecule has 1 aliphatic heterocycles. The van der Waals surface area contributed by atoms with E-state index in [4.69, 9.17) is 0 Å². The Labute approximate surface area is 118 Å². The molecule has 0 aromatic carbocycles. The Morgan fingerprint density at radius 1 is 1.37 bits per heavy atom. The Morgan fingerprint density at radius 3 is 2.84 bits per heavy atom. The summed E-state index contributed by atoms with van der Waals surface area (Å²) in [5, 5.41) is 9.99. The van der Waals surface area contributed by atoms with Crippen molar-refractivity contribution in [2.75, 3.05) is 13.1 Å². The van der Waals surface area contributed by atoms with Crippen molar-refractivity contribution in [1.82, 2.24) is 4.90 Å². The maximum Gasteiger partial charge on any atom is 0.264 e. The van der Waals surface area contributed by atoms with Gasteiger partial charge >= 0.3 is 0 Å². The molecule has 0 radical (unpaired) electrons. The number of hydrogen-bond acceptors (Lipinski definition) is 3. The average molecular weight is 279 g/mol. The van der Waals surface area contributed by atoms with Crippen LogP contribution in [0, 0.1) is 0 Å². The van der Waals surface area contributed by atoms with Crippen LogP contribution in [0.1, 0.15) is 52.7 Å². The lowest BCUT2D eigenvalue weighted by Crippen LogP contribution is -2.63. The Bertz CT molecular complexity index is 465. The number of amides is 1. The molecule has 4 heteroatoms.